The van der Waals surface area contributed by atoms with Gasteiger partial charge in [-0.2, -0.15) is 0 Å². The standard InChI is InChI=1S/C24H25ClN2O4S/c1-4-18-7-5-6-8-21(18)26-24(28)16-27(20-12-10-19(25)11-13-20)32(29,30)23-15-17(2)9-14-22(23)31-3/h5-15H,4,16H2,1-3H3,(H,26,28). The summed E-state index contributed by atoms with van der Waals surface area (Å²) in [5.74, 6) is -0.262. The van der Waals surface area contributed by atoms with Crippen molar-refractivity contribution in [3.8, 4) is 5.75 Å². The minimum absolute atomic E-state index is 0.0169. The maximum atomic E-state index is 13.7. The van der Waals surface area contributed by atoms with Crippen LogP contribution in [0.4, 0.5) is 11.4 Å². The molecule has 0 atom stereocenters. The number of aryl methyl sites for hydroxylation is 2. The molecule has 0 spiro atoms. The molecule has 0 radical (unpaired) electrons. The number of carbonyl (C=O) groups excluding carboxylic acids is 1. The molecule has 0 heterocycles. The molecule has 168 valence electrons. The lowest BCUT2D eigenvalue weighted by atomic mass is 10.1. The highest BCUT2D eigenvalue weighted by molar-refractivity contribution is 7.93. The van der Waals surface area contributed by atoms with Gasteiger partial charge in [-0.05, 0) is 66.9 Å². The maximum absolute atomic E-state index is 13.7. The smallest absolute Gasteiger partial charge is 0.268 e. The molecular formula is C24H25ClN2O4S. The molecule has 0 saturated heterocycles. The monoisotopic (exact) mass is 472 g/mol. The summed E-state index contributed by atoms with van der Waals surface area (Å²) in [6.45, 7) is 3.36. The lowest BCUT2D eigenvalue weighted by Crippen LogP contribution is -2.38. The summed E-state index contributed by atoms with van der Waals surface area (Å²) in [7, 11) is -2.72. The van der Waals surface area contributed by atoms with Gasteiger partial charge in [0, 0.05) is 10.7 Å². The third-order valence-electron chi connectivity index (χ3n) is 4.96. The number of rotatable bonds is 8. The zero-order chi connectivity index (χ0) is 23.3. The predicted octanol–water partition coefficient (Wildman–Crippen LogP) is 5.05. The number of nitrogens with zero attached hydrogens (tertiary/aromatic N) is 1. The molecule has 0 aliphatic carbocycles. The van der Waals surface area contributed by atoms with Crippen molar-refractivity contribution < 1.29 is 17.9 Å². The third-order valence-corrected chi connectivity index (χ3v) is 7.01. The normalized spacial score (nSPS) is 11.1. The van der Waals surface area contributed by atoms with E-state index < -0.39 is 22.5 Å². The van der Waals surface area contributed by atoms with Gasteiger partial charge in [0.25, 0.3) is 10.0 Å². The topological polar surface area (TPSA) is 75.7 Å². The van der Waals surface area contributed by atoms with Gasteiger partial charge in [0.2, 0.25) is 5.91 Å². The summed E-state index contributed by atoms with van der Waals surface area (Å²) in [6, 6.07) is 18.6. The lowest BCUT2D eigenvalue weighted by molar-refractivity contribution is -0.114. The van der Waals surface area contributed by atoms with Crippen molar-refractivity contribution in [1.29, 1.82) is 0 Å². The first-order chi connectivity index (χ1) is 15.3. The van der Waals surface area contributed by atoms with Crippen molar-refractivity contribution in [2.75, 3.05) is 23.3 Å². The molecule has 8 heteroatoms. The van der Waals surface area contributed by atoms with Gasteiger partial charge in [0.1, 0.15) is 17.2 Å². The van der Waals surface area contributed by atoms with Gasteiger partial charge >= 0.3 is 0 Å². The summed E-state index contributed by atoms with van der Waals surface area (Å²) in [5, 5.41) is 3.29. The molecule has 3 aromatic carbocycles. The van der Waals surface area contributed by atoms with Gasteiger partial charge in [0.05, 0.1) is 12.8 Å². The van der Waals surface area contributed by atoms with Gasteiger partial charge < -0.3 is 10.1 Å². The number of hydrogen-bond donors (Lipinski definition) is 1. The average Bonchev–Trinajstić information content (AvgIpc) is 2.78. The van der Waals surface area contributed by atoms with Crippen molar-refractivity contribution in [2.45, 2.75) is 25.2 Å². The number of sulfonamides is 1. The van der Waals surface area contributed by atoms with E-state index in [0.29, 0.717) is 16.4 Å². The first-order valence-corrected chi connectivity index (χ1v) is 11.9. The molecule has 0 aliphatic rings. The Morgan fingerprint density at radius 1 is 1.06 bits per heavy atom. The van der Waals surface area contributed by atoms with Crippen LogP contribution in [0.2, 0.25) is 5.02 Å². The second-order valence-electron chi connectivity index (χ2n) is 7.20. The number of halogens is 1. The summed E-state index contributed by atoms with van der Waals surface area (Å²) < 4.78 is 33.7. The number of nitrogens with one attached hydrogen (secondary N) is 1. The van der Waals surface area contributed by atoms with E-state index in [1.165, 1.54) is 13.2 Å². The molecular weight excluding hydrogens is 448 g/mol. The minimum Gasteiger partial charge on any atom is -0.495 e. The number of carbonyl (C=O) groups is 1. The molecule has 3 aromatic rings. The summed E-state index contributed by atoms with van der Waals surface area (Å²) in [4.78, 5) is 12.9. The second-order valence-corrected chi connectivity index (χ2v) is 9.47. The molecule has 0 bridgehead atoms. The molecule has 0 aliphatic heterocycles. The van der Waals surface area contributed by atoms with E-state index in [9.17, 15) is 13.2 Å². The fourth-order valence-electron chi connectivity index (χ4n) is 3.30. The number of amides is 1. The van der Waals surface area contributed by atoms with E-state index in [1.54, 1.807) is 49.4 Å². The van der Waals surface area contributed by atoms with E-state index in [-0.39, 0.29) is 10.6 Å². The van der Waals surface area contributed by atoms with Crippen LogP contribution in [-0.4, -0.2) is 28.0 Å². The Bertz CT molecular complexity index is 1210. The Morgan fingerprint density at radius 2 is 1.75 bits per heavy atom. The zero-order valence-corrected chi connectivity index (χ0v) is 19.7. The second kappa shape index (κ2) is 10.1. The Kier molecular flexibility index (Phi) is 7.43. The molecule has 3 rings (SSSR count). The van der Waals surface area contributed by atoms with Gasteiger partial charge in [-0.25, -0.2) is 8.42 Å². The highest BCUT2D eigenvalue weighted by Gasteiger charge is 2.30. The van der Waals surface area contributed by atoms with Crippen molar-refractivity contribution in [1.82, 2.24) is 0 Å². The van der Waals surface area contributed by atoms with Crippen LogP contribution in [0.1, 0.15) is 18.1 Å². The minimum atomic E-state index is -4.13. The fraction of sp³-hybridized carbons (Fsp3) is 0.208. The average molecular weight is 473 g/mol. The van der Waals surface area contributed by atoms with E-state index >= 15 is 0 Å². The highest BCUT2D eigenvalue weighted by atomic mass is 35.5. The van der Waals surface area contributed by atoms with E-state index in [1.807, 2.05) is 25.1 Å². The number of methoxy groups -OCH3 is 1. The number of ether oxygens (including phenoxy) is 1. The largest absolute Gasteiger partial charge is 0.495 e. The molecule has 0 unspecified atom stereocenters. The van der Waals surface area contributed by atoms with Crippen LogP contribution in [0.5, 0.6) is 5.75 Å². The van der Waals surface area contributed by atoms with Crippen LogP contribution in [0, 0.1) is 6.92 Å². The predicted molar refractivity (Wildman–Crippen MR) is 128 cm³/mol. The van der Waals surface area contributed by atoms with Gasteiger partial charge in [-0.1, -0.05) is 42.8 Å². The SMILES string of the molecule is CCc1ccccc1NC(=O)CN(c1ccc(Cl)cc1)S(=O)(=O)c1cc(C)ccc1OC. The third kappa shape index (κ3) is 5.23. The molecule has 1 amide bonds. The zero-order valence-electron chi connectivity index (χ0n) is 18.1. The maximum Gasteiger partial charge on any atom is 0.268 e. The number of benzene rings is 3. The van der Waals surface area contributed by atoms with Gasteiger partial charge in [0.15, 0.2) is 0 Å². The Labute approximate surface area is 193 Å². The van der Waals surface area contributed by atoms with Crippen LogP contribution >= 0.6 is 11.6 Å². The van der Waals surface area contributed by atoms with Crippen molar-refractivity contribution in [2.24, 2.45) is 0 Å². The van der Waals surface area contributed by atoms with Crippen LogP contribution < -0.4 is 14.4 Å². The molecule has 6 nitrogen and oxygen atoms in total. The molecule has 0 aromatic heterocycles. The van der Waals surface area contributed by atoms with Crippen molar-refractivity contribution in [3.05, 3.63) is 82.9 Å². The summed E-state index contributed by atoms with van der Waals surface area (Å²) >= 11 is 6.00. The number of para-hydroxylation sites is 1. The van der Waals surface area contributed by atoms with Crippen LogP contribution in [-0.2, 0) is 21.2 Å². The van der Waals surface area contributed by atoms with Gasteiger partial charge in [-0.3, -0.25) is 9.10 Å². The van der Waals surface area contributed by atoms with E-state index in [4.69, 9.17) is 16.3 Å². The quantitative estimate of drug-likeness (QED) is 0.497. The van der Waals surface area contributed by atoms with Crippen molar-refractivity contribution in [3.63, 3.8) is 0 Å². The van der Waals surface area contributed by atoms with E-state index in [2.05, 4.69) is 5.32 Å². The lowest BCUT2D eigenvalue weighted by Gasteiger charge is -2.25. The molecule has 0 fully saturated rings. The summed E-state index contributed by atoms with van der Waals surface area (Å²) in [5.41, 5.74) is 2.68. The Balaban J connectivity index is 2.02. The molecule has 0 saturated carbocycles. The van der Waals surface area contributed by atoms with Crippen LogP contribution in [0.25, 0.3) is 0 Å². The first kappa shape index (κ1) is 23.6. The Hall–Kier alpha value is -3.03. The summed E-state index contributed by atoms with van der Waals surface area (Å²) in [6.07, 6.45) is 0.732. The number of hydrogen-bond acceptors (Lipinski definition) is 4. The first-order valence-electron chi connectivity index (χ1n) is 10.1. The van der Waals surface area contributed by atoms with Crippen LogP contribution in [0.15, 0.2) is 71.6 Å². The molecule has 1 N–H and O–H groups in total. The number of anilines is 2. The van der Waals surface area contributed by atoms with E-state index in [0.717, 1.165) is 21.9 Å². The Morgan fingerprint density at radius 3 is 2.41 bits per heavy atom. The van der Waals surface area contributed by atoms with Crippen molar-refractivity contribution >= 4 is 38.9 Å². The fourth-order valence-corrected chi connectivity index (χ4v) is 5.09. The molecule has 32 heavy (non-hydrogen) atoms. The van der Waals surface area contributed by atoms with Crippen LogP contribution in [0.3, 0.4) is 0 Å². The van der Waals surface area contributed by atoms with Gasteiger partial charge in [-0.15, -0.1) is 0 Å². The highest BCUT2D eigenvalue weighted by Crippen LogP contribution is 2.31.